The van der Waals surface area contributed by atoms with Crippen molar-refractivity contribution in [3.05, 3.63) is 65.7 Å². The van der Waals surface area contributed by atoms with Crippen LogP contribution in [0, 0.1) is 11.6 Å². The molecule has 144 valence electrons. The van der Waals surface area contributed by atoms with Crippen molar-refractivity contribution in [3.63, 3.8) is 0 Å². The number of likely N-dealkylation sites (N-methyl/N-ethyl adjacent to an activating group) is 1. The van der Waals surface area contributed by atoms with Crippen molar-refractivity contribution in [2.75, 3.05) is 18.9 Å². The first-order valence-corrected chi connectivity index (χ1v) is 7.62. The van der Waals surface area contributed by atoms with Crippen LogP contribution in [0.4, 0.5) is 14.5 Å². The summed E-state index contributed by atoms with van der Waals surface area (Å²) in [7, 11) is 1.77. The molecule has 0 atom stereocenters. The largest absolute Gasteiger partial charge is 0.473 e. The van der Waals surface area contributed by atoms with E-state index in [4.69, 9.17) is 19.8 Å². The molecule has 0 aromatic heterocycles. The standard InChI is InChI=1S/C16H16F2N2O.C2H2O4/c1-20(10-12-3-2-4-14(18)9-12)11-16(21)19-15-7-5-13(17)6-8-15;3-1(4)2(5)6/h2-9H,10-11H2,1H3,(H,19,21);(H,3,4)(H,5,6). The lowest BCUT2D eigenvalue weighted by atomic mass is 10.2. The summed E-state index contributed by atoms with van der Waals surface area (Å²) in [6.07, 6.45) is 0. The van der Waals surface area contributed by atoms with Crippen molar-refractivity contribution in [1.29, 1.82) is 0 Å². The third-order valence-electron chi connectivity index (χ3n) is 3.07. The third-order valence-corrected chi connectivity index (χ3v) is 3.07. The molecule has 9 heteroatoms. The van der Waals surface area contributed by atoms with E-state index in [2.05, 4.69) is 5.32 Å². The molecule has 0 heterocycles. The molecule has 7 nitrogen and oxygen atoms in total. The lowest BCUT2D eigenvalue weighted by Gasteiger charge is -2.16. The van der Waals surface area contributed by atoms with E-state index in [1.807, 2.05) is 0 Å². The average Bonchev–Trinajstić information content (AvgIpc) is 2.57. The van der Waals surface area contributed by atoms with Crippen LogP contribution >= 0.6 is 0 Å². The van der Waals surface area contributed by atoms with Crippen LogP contribution in [-0.2, 0) is 20.9 Å². The fraction of sp³-hybridized carbons (Fsp3) is 0.167. The normalized spacial score (nSPS) is 9.93. The number of carboxylic acids is 2. The van der Waals surface area contributed by atoms with E-state index in [0.29, 0.717) is 12.2 Å². The Morgan fingerprint density at radius 1 is 0.963 bits per heavy atom. The maximum Gasteiger partial charge on any atom is 0.414 e. The molecule has 0 aliphatic carbocycles. The van der Waals surface area contributed by atoms with Gasteiger partial charge in [0.25, 0.3) is 0 Å². The zero-order chi connectivity index (χ0) is 20.4. The minimum absolute atomic E-state index is 0.161. The Balaban J connectivity index is 0.000000527. The maximum atomic E-state index is 13.1. The second-order valence-corrected chi connectivity index (χ2v) is 5.47. The van der Waals surface area contributed by atoms with Gasteiger partial charge in [-0.1, -0.05) is 12.1 Å². The van der Waals surface area contributed by atoms with Crippen LogP contribution in [0.3, 0.4) is 0 Å². The van der Waals surface area contributed by atoms with Gasteiger partial charge in [0.1, 0.15) is 11.6 Å². The topological polar surface area (TPSA) is 107 Å². The maximum absolute atomic E-state index is 13.1. The number of rotatable bonds is 5. The summed E-state index contributed by atoms with van der Waals surface area (Å²) in [6, 6.07) is 11.8. The predicted octanol–water partition coefficient (Wildman–Crippen LogP) is 2.19. The van der Waals surface area contributed by atoms with Gasteiger partial charge >= 0.3 is 11.9 Å². The molecule has 0 aliphatic rings. The molecule has 0 saturated carbocycles. The Kier molecular flexibility index (Phi) is 8.54. The molecule has 2 rings (SSSR count). The van der Waals surface area contributed by atoms with E-state index in [-0.39, 0.29) is 24.1 Å². The van der Waals surface area contributed by atoms with Gasteiger partial charge in [0, 0.05) is 12.2 Å². The Morgan fingerprint density at radius 2 is 1.56 bits per heavy atom. The van der Waals surface area contributed by atoms with Crippen molar-refractivity contribution < 1.29 is 33.4 Å². The Hall–Kier alpha value is -3.33. The number of carboxylic acid groups (broad SMARTS) is 2. The van der Waals surface area contributed by atoms with Crippen molar-refractivity contribution >= 4 is 23.5 Å². The van der Waals surface area contributed by atoms with Crippen LogP contribution in [0.15, 0.2) is 48.5 Å². The summed E-state index contributed by atoms with van der Waals surface area (Å²) in [5, 5.41) is 17.5. The second-order valence-electron chi connectivity index (χ2n) is 5.47. The fourth-order valence-corrected chi connectivity index (χ4v) is 1.98. The Morgan fingerprint density at radius 3 is 2.07 bits per heavy atom. The van der Waals surface area contributed by atoms with Crippen molar-refractivity contribution in [2.45, 2.75) is 6.54 Å². The summed E-state index contributed by atoms with van der Waals surface area (Å²) < 4.78 is 25.8. The number of halogens is 2. The molecule has 0 fully saturated rings. The third kappa shape index (κ3) is 9.07. The first-order valence-electron chi connectivity index (χ1n) is 7.62. The highest BCUT2D eigenvalue weighted by Crippen LogP contribution is 2.09. The molecule has 0 bridgehead atoms. The van der Waals surface area contributed by atoms with Gasteiger partial charge in [0.15, 0.2) is 0 Å². The molecule has 3 N–H and O–H groups in total. The summed E-state index contributed by atoms with van der Waals surface area (Å²) in [5.41, 5.74) is 1.34. The van der Waals surface area contributed by atoms with Crippen LogP contribution in [0.2, 0.25) is 0 Å². The van der Waals surface area contributed by atoms with E-state index in [1.165, 1.54) is 36.4 Å². The van der Waals surface area contributed by atoms with Crippen LogP contribution in [0.1, 0.15) is 5.56 Å². The summed E-state index contributed by atoms with van der Waals surface area (Å²) in [4.78, 5) is 31.8. The molecule has 0 spiro atoms. The van der Waals surface area contributed by atoms with E-state index in [0.717, 1.165) is 5.56 Å². The molecule has 0 unspecified atom stereocenters. The number of aliphatic carboxylic acids is 2. The molecule has 2 aromatic rings. The number of amides is 1. The van der Waals surface area contributed by atoms with Gasteiger partial charge < -0.3 is 15.5 Å². The van der Waals surface area contributed by atoms with Crippen molar-refractivity contribution in [1.82, 2.24) is 4.90 Å². The van der Waals surface area contributed by atoms with Gasteiger partial charge in [-0.25, -0.2) is 18.4 Å². The predicted molar refractivity (Wildman–Crippen MR) is 93.0 cm³/mol. The Bertz CT molecular complexity index is 785. The first-order chi connectivity index (χ1) is 12.7. The SMILES string of the molecule is CN(CC(=O)Nc1ccc(F)cc1)Cc1cccc(F)c1.O=C(O)C(=O)O. The minimum Gasteiger partial charge on any atom is -0.473 e. The highest BCUT2D eigenvalue weighted by atomic mass is 19.1. The number of carbonyl (C=O) groups is 3. The molecule has 0 saturated heterocycles. The van der Waals surface area contributed by atoms with Gasteiger partial charge in [0.2, 0.25) is 5.91 Å². The summed E-state index contributed by atoms with van der Waals surface area (Å²) >= 11 is 0. The minimum atomic E-state index is -1.82. The van der Waals surface area contributed by atoms with Gasteiger partial charge in [-0.15, -0.1) is 0 Å². The van der Waals surface area contributed by atoms with Crippen LogP contribution in [0.5, 0.6) is 0 Å². The summed E-state index contributed by atoms with van der Waals surface area (Å²) in [5.74, 6) is -4.50. The first kappa shape index (κ1) is 21.7. The number of benzene rings is 2. The molecule has 0 radical (unpaired) electrons. The second kappa shape index (κ2) is 10.6. The number of nitrogens with zero attached hydrogens (tertiary/aromatic N) is 1. The number of anilines is 1. The molecule has 27 heavy (non-hydrogen) atoms. The van der Waals surface area contributed by atoms with E-state index in [1.54, 1.807) is 24.1 Å². The molecule has 1 amide bonds. The quantitative estimate of drug-likeness (QED) is 0.687. The lowest BCUT2D eigenvalue weighted by Crippen LogP contribution is -2.29. The van der Waals surface area contributed by atoms with Gasteiger partial charge in [-0.05, 0) is 49.0 Å². The number of hydrogen-bond donors (Lipinski definition) is 3. The monoisotopic (exact) mass is 380 g/mol. The number of hydrogen-bond acceptors (Lipinski definition) is 4. The zero-order valence-electron chi connectivity index (χ0n) is 14.4. The highest BCUT2D eigenvalue weighted by Gasteiger charge is 2.08. The van der Waals surface area contributed by atoms with Gasteiger partial charge in [-0.3, -0.25) is 9.69 Å². The highest BCUT2D eigenvalue weighted by molar-refractivity contribution is 6.27. The molecule has 2 aromatic carbocycles. The fourth-order valence-electron chi connectivity index (χ4n) is 1.98. The average molecular weight is 380 g/mol. The smallest absolute Gasteiger partial charge is 0.414 e. The van der Waals surface area contributed by atoms with Gasteiger partial charge in [0.05, 0.1) is 6.54 Å². The van der Waals surface area contributed by atoms with Crippen molar-refractivity contribution in [2.24, 2.45) is 0 Å². The van der Waals surface area contributed by atoms with Crippen LogP contribution in [-0.4, -0.2) is 46.6 Å². The number of nitrogens with one attached hydrogen (secondary N) is 1. The number of carbonyl (C=O) groups excluding carboxylic acids is 1. The summed E-state index contributed by atoms with van der Waals surface area (Å²) in [6.45, 7) is 0.627. The van der Waals surface area contributed by atoms with Crippen LogP contribution in [0.25, 0.3) is 0 Å². The Labute approximate surface area is 153 Å². The van der Waals surface area contributed by atoms with Crippen LogP contribution < -0.4 is 5.32 Å². The zero-order valence-corrected chi connectivity index (χ0v) is 14.4. The molecular weight excluding hydrogens is 362 g/mol. The van der Waals surface area contributed by atoms with Crippen molar-refractivity contribution in [3.8, 4) is 0 Å². The van der Waals surface area contributed by atoms with E-state index < -0.39 is 11.9 Å². The molecular formula is C18H18F2N2O5. The van der Waals surface area contributed by atoms with E-state index in [9.17, 15) is 13.6 Å². The van der Waals surface area contributed by atoms with Gasteiger partial charge in [-0.2, -0.15) is 0 Å². The van der Waals surface area contributed by atoms with E-state index >= 15 is 0 Å². The molecule has 0 aliphatic heterocycles. The lowest BCUT2D eigenvalue weighted by molar-refractivity contribution is -0.159.